The van der Waals surface area contributed by atoms with Gasteiger partial charge in [-0.1, -0.05) is 19.8 Å². The molecule has 4 nitrogen and oxygen atoms in total. The number of carbonyl (C=O) groups is 1. The van der Waals surface area contributed by atoms with Crippen LogP contribution in [0.2, 0.25) is 0 Å². The zero-order valence-electron chi connectivity index (χ0n) is 12.9. The second-order valence-electron chi connectivity index (χ2n) is 6.80. The number of likely N-dealkylation sites (tertiary alicyclic amines) is 1. The number of piperidine rings is 1. The fourth-order valence-corrected chi connectivity index (χ4v) is 3.65. The SMILES string of the molecule is CC1CCC(CN2CCCC(C(=O)NCCN)C2)CC1. The van der Waals surface area contributed by atoms with Crippen LogP contribution in [0.25, 0.3) is 0 Å². The Kier molecular flexibility index (Phi) is 6.30. The highest BCUT2D eigenvalue weighted by atomic mass is 16.1. The smallest absolute Gasteiger partial charge is 0.224 e. The third-order valence-corrected chi connectivity index (χ3v) is 4.97. The van der Waals surface area contributed by atoms with Crippen LogP contribution in [0, 0.1) is 17.8 Å². The molecule has 20 heavy (non-hydrogen) atoms. The molecule has 1 saturated heterocycles. The van der Waals surface area contributed by atoms with E-state index >= 15 is 0 Å². The Morgan fingerprint density at radius 3 is 2.70 bits per heavy atom. The standard InChI is InChI=1S/C16H31N3O/c1-13-4-6-14(7-5-13)11-19-10-2-3-15(12-19)16(20)18-9-8-17/h13-15H,2-12,17H2,1H3,(H,18,20). The van der Waals surface area contributed by atoms with Gasteiger partial charge in [-0.2, -0.15) is 0 Å². The molecule has 1 amide bonds. The van der Waals surface area contributed by atoms with Crippen LogP contribution < -0.4 is 11.1 Å². The van der Waals surface area contributed by atoms with Crippen molar-refractivity contribution in [2.24, 2.45) is 23.5 Å². The summed E-state index contributed by atoms with van der Waals surface area (Å²) in [6, 6.07) is 0. The van der Waals surface area contributed by atoms with E-state index in [1.165, 1.54) is 38.8 Å². The Balaban J connectivity index is 1.74. The molecule has 1 aliphatic carbocycles. The molecule has 1 unspecified atom stereocenters. The minimum absolute atomic E-state index is 0.179. The maximum Gasteiger partial charge on any atom is 0.224 e. The topological polar surface area (TPSA) is 58.4 Å². The molecule has 1 saturated carbocycles. The average molecular weight is 281 g/mol. The molecule has 0 aromatic heterocycles. The van der Waals surface area contributed by atoms with E-state index in [1.54, 1.807) is 0 Å². The van der Waals surface area contributed by atoms with E-state index in [-0.39, 0.29) is 11.8 Å². The third-order valence-electron chi connectivity index (χ3n) is 4.97. The Morgan fingerprint density at radius 2 is 2.00 bits per heavy atom. The lowest BCUT2D eigenvalue weighted by molar-refractivity contribution is -0.126. The molecule has 1 heterocycles. The summed E-state index contributed by atoms with van der Waals surface area (Å²) in [4.78, 5) is 14.6. The zero-order valence-corrected chi connectivity index (χ0v) is 12.9. The highest BCUT2D eigenvalue weighted by Gasteiger charge is 2.28. The van der Waals surface area contributed by atoms with Crippen LogP contribution in [0.4, 0.5) is 0 Å². The van der Waals surface area contributed by atoms with Gasteiger partial charge in [0.1, 0.15) is 0 Å². The van der Waals surface area contributed by atoms with Crippen molar-refractivity contribution in [2.75, 3.05) is 32.7 Å². The first-order valence-electron chi connectivity index (χ1n) is 8.39. The fraction of sp³-hybridized carbons (Fsp3) is 0.938. The minimum Gasteiger partial charge on any atom is -0.355 e. The van der Waals surface area contributed by atoms with Crippen LogP contribution in [0.1, 0.15) is 45.4 Å². The maximum absolute atomic E-state index is 12.0. The van der Waals surface area contributed by atoms with Crippen molar-refractivity contribution in [3.8, 4) is 0 Å². The Labute approximate surface area is 123 Å². The van der Waals surface area contributed by atoms with Gasteiger partial charge in [-0.25, -0.2) is 0 Å². The van der Waals surface area contributed by atoms with Crippen LogP contribution in [0.5, 0.6) is 0 Å². The predicted molar refractivity (Wildman–Crippen MR) is 82.4 cm³/mol. The van der Waals surface area contributed by atoms with Gasteiger partial charge in [0, 0.05) is 26.2 Å². The van der Waals surface area contributed by atoms with Gasteiger partial charge < -0.3 is 16.0 Å². The molecule has 116 valence electrons. The van der Waals surface area contributed by atoms with Crippen molar-refractivity contribution in [1.82, 2.24) is 10.2 Å². The summed E-state index contributed by atoms with van der Waals surface area (Å²) < 4.78 is 0. The van der Waals surface area contributed by atoms with Crippen molar-refractivity contribution in [2.45, 2.75) is 45.4 Å². The maximum atomic E-state index is 12.0. The molecule has 1 atom stereocenters. The van der Waals surface area contributed by atoms with Gasteiger partial charge in [0.2, 0.25) is 5.91 Å². The Hall–Kier alpha value is -0.610. The number of carbonyl (C=O) groups excluding carboxylic acids is 1. The molecule has 3 N–H and O–H groups in total. The molecule has 0 spiro atoms. The van der Waals surface area contributed by atoms with E-state index in [4.69, 9.17) is 5.73 Å². The molecular weight excluding hydrogens is 250 g/mol. The minimum atomic E-state index is 0.179. The van der Waals surface area contributed by atoms with Crippen molar-refractivity contribution < 1.29 is 4.79 Å². The van der Waals surface area contributed by atoms with Crippen LogP contribution in [-0.4, -0.2) is 43.5 Å². The van der Waals surface area contributed by atoms with Crippen molar-refractivity contribution >= 4 is 5.91 Å². The number of hydrogen-bond donors (Lipinski definition) is 2. The Morgan fingerprint density at radius 1 is 1.25 bits per heavy atom. The lowest BCUT2D eigenvalue weighted by Crippen LogP contribution is -2.45. The summed E-state index contributed by atoms with van der Waals surface area (Å²) >= 11 is 0. The van der Waals surface area contributed by atoms with Crippen molar-refractivity contribution in [3.63, 3.8) is 0 Å². The highest BCUT2D eigenvalue weighted by Crippen LogP contribution is 2.29. The lowest BCUT2D eigenvalue weighted by atomic mass is 9.82. The summed E-state index contributed by atoms with van der Waals surface area (Å²) in [5, 5.41) is 2.94. The molecule has 2 fully saturated rings. The van der Waals surface area contributed by atoms with Crippen LogP contribution >= 0.6 is 0 Å². The molecule has 2 aliphatic rings. The van der Waals surface area contributed by atoms with E-state index in [9.17, 15) is 4.79 Å². The monoisotopic (exact) mass is 281 g/mol. The van der Waals surface area contributed by atoms with E-state index in [0.717, 1.165) is 31.2 Å². The van der Waals surface area contributed by atoms with Crippen LogP contribution in [0.3, 0.4) is 0 Å². The third kappa shape index (κ3) is 4.74. The lowest BCUT2D eigenvalue weighted by Gasteiger charge is -2.36. The van der Waals surface area contributed by atoms with E-state index < -0.39 is 0 Å². The van der Waals surface area contributed by atoms with Gasteiger partial charge in [0.15, 0.2) is 0 Å². The molecule has 0 bridgehead atoms. The van der Waals surface area contributed by atoms with E-state index in [2.05, 4.69) is 17.1 Å². The first-order chi connectivity index (χ1) is 9.69. The van der Waals surface area contributed by atoms with E-state index in [1.807, 2.05) is 0 Å². The van der Waals surface area contributed by atoms with E-state index in [0.29, 0.717) is 13.1 Å². The zero-order chi connectivity index (χ0) is 14.4. The normalized spacial score (nSPS) is 32.0. The Bertz CT molecular complexity index is 300. The van der Waals surface area contributed by atoms with Crippen molar-refractivity contribution in [3.05, 3.63) is 0 Å². The molecule has 0 radical (unpaired) electrons. The summed E-state index contributed by atoms with van der Waals surface area (Å²) in [7, 11) is 0. The van der Waals surface area contributed by atoms with Gasteiger partial charge in [-0.15, -0.1) is 0 Å². The van der Waals surface area contributed by atoms with Gasteiger partial charge >= 0.3 is 0 Å². The highest BCUT2D eigenvalue weighted by molar-refractivity contribution is 5.78. The summed E-state index contributed by atoms with van der Waals surface area (Å²) in [6.07, 6.45) is 7.72. The van der Waals surface area contributed by atoms with Crippen molar-refractivity contribution in [1.29, 1.82) is 0 Å². The second kappa shape index (κ2) is 7.99. The van der Waals surface area contributed by atoms with Gasteiger partial charge in [0.25, 0.3) is 0 Å². The predicted octanol–water partition coefficient (Wildman–Crippen LogP) is 1.60. The first-order valence-corrected chi connectivity index (χ1v) is 8.39. The fourth-order valence-electron chi connectivity index (χ4n) is 3.65. The largest absolute Gasteiger partial charge is 0.355 e. The number of nitrogens with one attached hydrogen (secondary N) is 1. The summed E-state index contributed by atoms with van der Waals surface area (Å²) in [5.41, 5.74) is 5.44. The number of amides is 1. The number of nitrogens with two attached hydrogens (primary N) is 1. The quantitative estimate of drug-likeness (QED) is 0.805. The average Bonchev–Trinajstić information content (AvgIpc) is 2.47. The van der Waals surface area contributed by atoms with Gasteiger partial charge in [-0.3, -0.25) is 4.79 Å². The second-order valence-corrected chi connectivity index (χ2v) is 6.80. The molecular formula is C16H31N3O. The summed E-state index contributed by atoms with van der Waals surface area (Å²) in [6.45, 7) is 6.83. The van der Waals surface area contributed by atoms with Crippen LogP contribution in [0.15, 0.2) is 0 Å². The number of rotatable bonds is 5. The van der Waals surface area contributed by atoms with Crippen LogP contribution in [-0.2, 0) is 4.79 Å². The van der Waals surface area contributed by atoms with Gasteiger partial charge in [-0.05, 0) is 44.1 Å². The molecule has 2 rings (SSSR count). The number of nitrogens with zero attached hydrogens (tertiary/aromatic N) is 1. The first kappa shape index (κ1) is 15.8. The molecule has 0 aromatic rings. The summed E-state index contributed by atoms with van der Waals surface area (Å²) in [5.74, 6) is 2.16. The number of hydrogen-bond acceptors (Lipinski definition) is 3. The molecule has 0 aromatic carbocycles. The molecule has 1 aliphatic heterocycles. The molecule has 4 heteroatoms. The van der Waals surface area contributed by atoms with Gasteiger partial charge in [0.05, 0.1) is 5.92 Å².